The number of aromatic nitrogens is 2. The average Bonchev–Trinajstić information content (AvgIpc) is 3.61. The Bertz CT molecular complexity index is 2370. The summed E-state index contributed by atoms with van der Waals surface area (Å²) in [5.41, 5.74) is 4.47. The molecule has 5 aromatic rings. The molecule has 16 heteroatoms. The molecule has 2 aliphatic heterocycles. The van der Waals surface area contributed by atoms with Gasteiger partial charge in [0.05, 0.1) is 23.4 Å². The molecule has 1 atom stereocenters. The Kier molecular flexibility index (Phi) is 12.5. The largest absolute Gasteiger partial charge is 0.493 e. The number of thiazole rings is 1. The molecule has 2 aromatic heterocycles. The highest BCUT2D eigenvalue weighted by Crippen LogP contribution is 2.36. The third-order valence-electron chi connectivity index (χ3n) is 10.6. The predicted octanol–water partition coefficient (Wildman–Crippen LogP) is 7.84. The second-order valence-corrected chi connectivity index (χ2v) is 17.0. The van der Waals surface area contributed by atoms with Crippen molar-refractivity contribution < 1.29 is 42.1 Å². The van der Waals surface area contributed by atoms with Crippen LogP contribution in [0.3, 0.4) is 0 Å². The van der Waals surface area contributed by atoms with Gasteiger partial charge in [0.25, 0.3) is 5.91 Å². The molecule has 1 unspecified atom stereocenters. The number of piperazine rings is 1. The van der Waals surface area contributed by atoms with Crippen molar-refractivity contribution in [3.8, 4) is 16.9 Å². The maximum absolute atomic E-state index is 13.9. The number of ether oxygens (including phenoxy) is 2. The number of carboxylic acid groups (broad SMARTS) is 1. The number of anilines is 2. The van der Waals surface area contributed by atoms with Gasteiger partial charge < -0.3 is 19.5 Å². The highest BCUT2D eigenvalue weighted by Gasteiger charge is 2.46. The molecule has 12 nitrogen and oxygen atoms in total. The molecule has 0 saturated carbocycles. The van der Waals surface area contributed by atoms with Gasteiger partial charge in [-0.05, 0) is 99.2 Å². The number of nitrogens with zero attached hydrogens (tertiary/aromatic N) is 5. The fourth-order valence-electron chi connectivity index (χ4n) is 7.71. The monoisotopic (exact) mass is 844 g/mol. The molecule has 0 radical (unpaired) electrons. The Balaban J connectivity index is 1.09. The summed E-state index contributed by atoms with van der Waals surface area (Å²) in [5.74, 6) is -0.982. The molecule has 3 aromatic carbocycles. The Labute approximate surface area is 349 Å². The summed E-state index contributed by atoms with van der Waals surface area (Å²) in [6.45, 7) is 7.90. The van der Waals surface area contributed by atoms with Gasteiger partial charge >= 0.3 is 18.1 Å². The maximum atomic E-state index is 13.9. The summed E-state index contributed by atoms with van der Waals surface area (Å²) < 4.78 is 54.8. The van der Waals surface area contributed by atoms with Gasteiger partial charge in [-0.3, -0.25) is 24.7 Å². The first-order valence-corrected chi connectivity index (χ1v) is 20.6. The Morgan fingerprint density at radius 1 is 0.933 bits per heavy atom. The Morgan fingerprint density at radius 3 is 2.47 bits per heavy atom. The van der Waals surface area contributed by atoms with E-state index in [9.17, 15) is 27.6 Å². The van der Waals surface area contributed by atoms with E-state index in [-0.39, 0.29) is 37.8 Å². The van der Waals surface area contributed by atoms with Gasteiger partial charge in [-0.1, -0.05) is 47.7 Å². The molecule has 0 bridgehead atoms. The zero-order chi connectivity index (χ0) is 42.8. The number of nitrogens with one attached hydrogen (secondary N) is 1. The van der Waals surface area contributed by atoms with Crippen LogP contribution in [0.2, 0.25) is 0 Å². The number of carbonyl (C=O) groups excluding carboxylic acids is 2. The van der Waals surface area contributed by atoms with E-state index < -0.39 is 42.8 Å². The number of alkyl halides is 3. The Hall–Kier alpha value is -5.58. The molecule has 2 N–H and O–H groups in total. The standard InChI is InChI=1S/C44H47F3N6O6S/c1-27-29(11-8-14-34(27)58-23-9-19-52-22-21-51(26-38(54)55)25-36(52)44(45,46)47)30-16-17-37(49-39(30)41(57)59-43(2,3)4)53-20-18-28-10-7-12-31(32(28)24-53)40(56)50-42-48-33-13-5-6-15-35(33)60-42/h5-8,10-17,36H,9,18-26H2,1-4H3,(H,54,55)(H,48,50,56). The zero-order valence-corrected chi connectivity index (χ0v) is 34.7. The van der Waals surface area contributed by atoms with E-state index in [1.54, 1.807) is 39.0 Å². The first-order valence-electron chi connectivity index (χ1n) is 19.8. The quantitative estimate of drug-likeness (QED) is 0.0939. The molecule has 4 heterocycles. The van der Waals surface area contributed by atoms with Crippen LogP contribution >= 0.6 is 11.3 Å². The van der Waals surface area contributed by atoms with Gasteiger partial charge in [0, 0.05) is 50.4 Å². The van der Waals surface area contributed by atoms with E-state index in [1.807, 2.05) is 66.4 Å². The normalized spacial score (nSPS) is 16.4. The van der Waals surface area contributed by atoms with Crippen LogP contribution in [0.5, 0.6) is 5.75 Å². The summed E-state index contributed by atoms with van der Waals surface area (Å²) in [5, 5.41) is 12.6. The summed E-state index contributed by atoms with van der Waals surface area (Å²) in [7, 11) is 0. The zero-order valence-electron chi connectivity index (χ0n) is 33.8. The number of fused-ring (bicyclic) bond motifs is 2. The predicted molar refractivity (Wildman–Crippen MR) is 224 cm³/mol. The molecule has 1 saturated heterocycles. The molecule has 316 valence electrons. The number of esters is 1. The van der Waals surface area contributed by atoms with E-state index in [2.05, 4.69) is 10.3 Å². The number of pyridine rings is 1. The molecule has 0 aliphatic carbocycles. The molecule has 60 heavy (non-hydrogen) atoms. The highest BCUT2D eigenvalue weighted by atomic mass is 32.1. The molecular weight excluding hydrogens is 798 g/mol. The van der Waals surface area contributed by atoms with Crippen LogP contribution in [0.15, 0.2) is 72.8 Å². The van der Waals surface area contributed by atoms with Crippen molar-refractivity contribution in [3.05, 3.63) is 101 Å². The van der Waals surface area contributed by atoms with Crippen molar-refractivity contribution in [1.82, 2.24) is 19.8 Å². The summed E-state index contributed by atoms with van der Waals surface area (Å²) >= 11 is 1.41. The van der Waals surface area contributed by atoms with Crippen LogP contribution in [0.25, 0.3) is 21.3 Å². The van der Waals surface area contributed by atoms with Crippen molar-refractivity contribution in [3.63, 3.8) is 0 Å². The minimum absolute atomic E-state index is 0.0912. The van der Waals surface area contributed by atoms with E-state index in [0.29, 0.717) is 64.9 Å². The molecule has 0 spiro atoms. The number of hydrogen-bond acceptors (Lipinski definition) is 11. The minimum Gasteiger partial charge on any atom is -0.493 e. The first kappa shape index (κ1) is 42.5. The van der Waals surface area contributed by atoms with E-state index in [4.69, 9.17) is 19.6 Å². The van der Waals surface area contributed by atoms with E-state index in [1.165, 1.54) is 21.1 Å². The average molecular weight is 845 g/mol. The van der Waals surface area contributed by atoms with Crippen LogP contribution in [-0.2, 0) is 22.5 Å². The summed E-state index contributed by atoms with van der Waals surface area (Å²) in [4.78, 5) is 52.8. The summed E-state index contributed by atoms with van der Waals surface area (Å²) in [6.07, 6.45) is -3.55. The van der Waals surface area contributed by atoms with Crippen LogP contribution in [0, 0.1) is 6.92 Å². The second kappa shape index (κ2) is 17.6. The first-order chi connectivity index (χ1) is 28.5. The minimum atomic E-state index is -4.51. The highest BCUT2D eigenvalue weighted by molar-refractivity contribution is 7.22. The number of benzene rings is 3. The lowest BCUT2D eigenvalue weighted by molar-refractivity contribution is -0.198. The fraction of sp³-hybridized carbons (Fsp3) is 0.386. The lowest BCUT2D eigenvalue weighted by Crippen LogP contribution is -2.59. The van der Waals surface area contributed by atoms with Gasteiger partial charge in [0.2, 0.25) is 0 Å². The summed E-state index contributed by atoms with van der Waals surface area (Å²) in [6, 6.07) is 20.7. The number of carbonyl (C=O) groups is 3. The SMILES string of the molecule is Cc1c(OCCCN2CCN(CC(=O)O)CC2C(F)(F)F)cccc1-c1ccc(N2CCc3cccc(C(=O)Nc4nc5ccccc5s4)c3C2)nc1C(=O)OC(C)(C)C. The number of carboxylic acids is 1. The fourth-order valence-corrected chi connectivity index (χ4v) is 8.57. The third-order valence-corrected chi connectivity index (χ3v) is 11.5. The molecule has 7 rings (SSSR count). The third kappa shape index (κ3) is 9.88. The van der Waals surface area contributed by atoms with Crippen LogP contribution in [0.1, 0.15) is 64.7 Å². The van der Waals surface area contributed by atoms with Gasteiger partial charge in [0.15, 0.2) is 10.8 Å². The van der Waals surface area contributed by atoms with Gasteiger partial charge in [-0.25, -0.2) is 14.8 Å². The van der Waals surface area contributed by atoms with E-state index in [0.717, 1.165) is 21.3 Å². The van der Waals surface area contributed by atoms with Crippen molar-refractivity contribution in [1.29, 1.82) is 0 Å². The van der Waals surface area contributed by atoms with Gasteiger partial charge in [-0.15, -0.1) is 0 Å². The molecule has 1 amide bonds. The van der Waals surface area contributed by atoms with Crippen molar-refractivity contribution in [2.45, 2.75) is 64.9 Å². The topological polar surface area (TPSA) is 137 Å². The number of halogens is 3. The molecular formula is C44H47F3N6O6S. The molecule has 1 fully saturated rings. The van der Waals surface area contributed by atoms with Crippen LogP contribution in [-0.4, -0.2) is 106 Å². The van der Waals surface area contributed by atoms with Crippen molar-refractivity contribution in [2.24, 2.45) is 0 Å². The number of aliphatic carboxylic acids is 1. The van der Waals surface area contributed by atoms with E-state index >= 15 is 0 Å². The van der Waals surface area contributed by atoms with Crippen molar-refractivity contribution >= 4 is 50.3 Å². The number of hydrogen-bond donors (Lipinski definition) is 2. The maximum Gasteiger partial charge on any atom is 0.405 e. The molecule has 2 aliphatic rings. The van der Waals surface area contributed by atoms with Gasteiger partial charge in [0.1, 0.15) is 23.2 Å². The Morgan fingerprint density at radius 2 is 1.72 bits per heavy atom. The van der Waals surface area contributed by atoms with Crippen LogP contribution < -0.4 is 15.0 Å². The van der Waals surface area contributed by atoms with Crippen molar-refractivity contribution in [2.75, 3.05) is 56.1 Å². The smallest absolute Gasteiger partial charge is 0.405 e. The second-order valence-electron chi connectivity index (χ2n) is 16.0. The lowest BCUT2D eigenvalue weighted by Gasteiger charge is -2.41. The number of amides is 1. The number of rotatable bonds is 12. The number of para-hydroxylation sites is 1. The van der Waals surface area contributed by atoms with Gasteiger partial charge in [-0.2, -0.15) is 13.2 Å². The lowest BCUT2D eigenvalue weighted by atomic mass is 9.94. The van der Waals surface area contributed by atoms with Crippen LogP contribution in [0.4, 0.5) is 24.1 Å².